The fourth-order valence-electron chi connectivity index (χ4n) is 5.11. The van der Waals surface area contributed by atoms with Crippen molar-refractivity contribution < 1.29 is 4.79 Å². The van der Waals surface area contributed by atoms with E-state index in [0.717, 1.165) is 21.3 Å². The Hall–Kier alpha value is -3.38. The summed E-state index contributed by atoms with van der Waals surface area (Å²) in [6.07, 6.45) is 3.75. The average molecular weight is 515 g/mol. The smallest absolute Gasteiger partial charge is 0.186 e. The molecule has 0 aromatic heterocycles. The highest BCUT2D eigenvalue weighted by molar-refractivity contribution is 9.10. The molecular formula is C27H17BrClN3O. The molecule has 2 aliphatic rings. The van der Waals surface area contributed by atoms with Crippen molar-refractivity contribution >= 4 is 45.1 Å². The fourth-order valence-corrected chi connectivity index (χ4v) is 5.69. The van der Waals surface area contributed by atoms with Crippen molar-refractivity contribution in [1.82, 2.24) is 0 Å². The molecule has 0 N–H and O–H groups in total. The van der Waals surface area contributed by atoms with Gasteiger partial charge in [0.2, 0.25) is 0 Å². The number of anilines is 1. The van der Waals surface area contributed by atoms with Crippen LogP contribution in [0.1, 0.15) is 27.4 Å². The number of benzene rings is 3. The maximum atomic E-state index is 14.1. The standard InChI is InChI=1S/C27H17BrClN3O/c28-20-8-4-7-19(13-20)26(33)25-24(17-5-2-1-3-6-17)27(15-30,16-31)23-12-9-18-14-21(29)10-11-22(18)32(23)25/h1-14,23-25H/t23-,24+,25-/m0/s1. The lowest BCUT2D eigenvalue weighted by Crippen LogP contribution is -2.44. The van der Waals surface area contributed by atoms with Crippen molar-refractivity contribution in [3.05, 3.63) is 105 Å². The van der Waals surface area contributed by atoms with Crippen LogP contribution >= 0.6 is 27.5 Å². The number of hydrogen-bond donors (Lipinski definition) is 0. The molecule has 1 saturated heterocycles. The molecule has 0 amide bonds. The maximum absolute atomic E-state index is 14.1. The highest BCUT2D eigenvalue weighted by Crippen LogP contribution is 2.55. The van der Waals surface area contributed by atoms with Gasteiger partial charge in [0.1, 0.15) is 6.04 Å². The minimum absolute atomic E-state index is 0.140. The predicted octanol–water partition coefficient (Wildman–Crippen LogP) is 6.39. The van der Waals surface area contributed by atoms with Crippen LogP contribution in [0.2, 0.25) is 5.02 Å². The molecule has 4 nitrogen and oxygen atoms in total. The van der Waals surface area contributed by atoms with Crippen molar-refractivity contribution in [2.75, 3.05) is 4.90 Å². The number of carbonyl (C=O) groups excluding carboxylic acids is 1. The van der Waals surface area contributed by atoms with E-state index in [9.17, 15) is 15.3 Å². The minimum Gasteiger partial charge on any atom is -0.351 e. The topological polar surface area (TPSA) is 67.9 Å². The molecule has 160 valence electrons. The second-order valence-electron chi connectivity index (χ2n) is 8.21. The predicted molar refractivity (Wildman–Crippen MR) is 132 cm³/mol. The summed E-state index contributed by atoms with van der Waals surface area (Å²) < 4.78 is 0.789. The van der Waals surface area contributed by atoms with Gasteiger partial charge in [-0.25, -0.2) is 0 Å². The van der Waals surface area contributed by atoms with Crippen LogP contribution in [0.25, 0.3) is 6.08 Å². The number of nitriles is 2. The number of carbonyl (C=O) groups is 1. The monoisotopic (exact) mass is 513 g/mol. The molecule has 3 aromatic carbocycles. The van der Waals surface area contributed by atoms with Gasteiger partial charge in [-0.15, -0.1) is 0 Å². The van der Waals surface area contributed by atoms with Crippen LogP contribution in [0, 0.1) is 28.1 Å². The first-order chi connectivity index (χ1) is 16.0. The summed E-state index contributed by atoms with van der Waals surface area (Å²) >= 11 is 9.69. The number of nitrogens with zero attached hydrogens (tertiary/aromatic N) is 3. The number of fused-ring (bicyclic) bond motifs is 3. The summed E-state index contributed by atoms with van der Waals surface area (Å²) in [6.45, 7) is 0. The third-order valence-corrected chi connectivity index (χ3v) is 7.23. The lowest BCUT2D eigenvalue weighted by atomic mass is 9.69. The summed E-state index contributed by atoms with van der Waals surface area (Å²) in [4.78, 5) is 16.0. The zero-order valence-electron chi connectivity index (χ0n) is 17.3. The second-order valence-corrected chi connectivity index (χ2v) is 9.57. The van der Waals surface area contributed by atoms with Gasteiger partial charge in [0.25, 0.3) is 0 Å². The Labute approximate surface area is 205 Å². The SMILES string of the molecule is N#CC1(C#N)[C@H](c2ccccc2)[C@@H](C(=O)c2cccc(Br)c2)N2c3ccc(Cl)cc3C=C[C@H]21. The summed E-state index contributed by atoms with van der Waals surface area (Å²) in [5, 5.41) is 21.4. The summed E-state index contributed by atoms with van der Waals surface area (Å²) in [6, 6.07) is 25.4. The van der Waals surface area contributed by atoms with E-state index < -0.39 is 23.4 Å². The molecule has 1 fully saturated rings. The Morgan fingerprint density at radius 3 is 2.45 bits per heavy atom. The third-order valence-electron chi connectivity index (χ3n) is 6.50. The van der Waals surface area contributed by atoms with Crippen LogP contribution in [-0.4, -0.2) is 17.9 Å². The van der Waals surface area contributed by atoms with Gasteiger partial charge < -0.3 is 4.90 Å². The van der Waals surface area contributed by atoms with E-state index in [0.29, 0.717) is 10.6 Å². The van der Waals surface area contributed by atoms with Crippen LogP contribution < -0.4 is 4.90 Å². The van der Waals surface area contributed by atoms with E-state index >= 15 is 0 Å². The molecule has 0 saturated carbocycles. The molecule has 33 heavy (non-hydrogen) atoms. The molecule has 3 atom stereocenters. The van der Waals surface area contributed by atoms with Gasteiger partial charge in [-0.05, 0) is 41.5 Å². The lowest BCUT2D eigenvalue weighted by Gasteiger charge is -2.35. The van der Waals surface area contributed by atoms with Crippen LogP contribution in [-0.2, 0) is 0 Å². The highest BCUT2D eigenvalue weighted by atomic mass is 79.9. The van der Waals surface area contributed by atoms with Crippen molar-refractivity contribution in [1.29, 1.82) is 10.5 Å². The van der Waals surface area contributed by atoms with Crippen molar-refractivity contribution in [3.8, 4) is 12.1 Å². The number of ketones is 1. The van der Waals surface area contributed by atoms with Crippen molar-refractivity contribution in [2.24, 2.45) is 5.41 Å². The minimum atomic E-state index is -1.46. The Kier molecular flexibility index (Phi) is 5.33. The van der Waals surface area contributed by atoms with Crippen LogP contribution in [0.3, 0.4) is 0 Å². The summed E-state index contributed by atoms with van der Waals surface area (Å²) in [7, 11) is 0. The van der Waals surface area contributed by atoms with Gasteiger partial charge in [-0.3, -0.25) is 4.79 Å². The van der Waals surface area contributed by atoms with Crippen LogP contribution in [0.15, 0.2) is 83.3 Å². The lowest BCUT2D eigenvalue weighted by molar-refractivity contribution is 0.0951. The van der Waals surface area contributed by atoms with E-state index in [4.69, 9.17) is 11.6 Å². The summed E-state index contributed by atoms with van der Waals surface area (Å²) in [5.74, 6) is -0.796. The van der Waals surface area contributed by atoms with Crippen molar-refractivity contribution in [3.63, 3.8) is 0 Å². The second kappa shape index (κ2) is 8.19. The number of halogens is 2. The Bertz CT molecular complexity index is 1360. The molecule has 0 aliphatic carbocycles. The molecule has 2 heterocycles. The number of rotatable bonds is 3. The fraction of sp³-hybridized carbons (Fsp3) is 0.148. The molecule has 2 aliphatic heterocycles. The normalized spacial score (nSPS) is 22.1. The van der Waals surface area contributed by atoms with E-state index in [1.807, 2.05) is 71.6 Å². The summed E-state index contributed by atoms with van der Waals surface area (Å²) in [5.41, 5.74) is 1.48. The Balaban J connectivity index is 1.79. The first kappa shape index (κ1) is 21.5. The van der Waals surface area contributed by atoms with E-state index in [1.165, 1.54) is 0 Å². The first-order valence-electron chi connectivity index (χ1n) is 10.4. The zero-order valence-corrected chi connectivity index (χ0v) is 19.7. The van der Waals surface area contributed by atoms with Gasteiger partial charge in [0.15, 0.2) is 11.2 Å². The van der Waals surface area contributed by atoms with E-state index in [2.05, 4.69) is 28.1 Å². The van der Waals surface area contributed by atoms with Gasteiger partial charge in [-0.2, -0.15) is 10.5 Å². The molecule has 0 spiro atoms. The molecule has 0 radical (unpaired) electrons. The van der Waals surface area contributed by atoms with Crippen LogP contribution in [0.4, 0.5) is 5.69 Å². The zero-order chi connectivity index (χ0) is 23.2. The molecule has 0 unspecified atom stereocenters. The van der Waals surface area contributed by atoms with Crippen LogP contribution in [0.5, 0.6) is 0 Å². The van der Waals surface area contributed by atoms with E-state index in [-0.39, 0.29) is 5.78 Å². The van der Waals surface area contributed by atoms with Gasteiger partial charge >= 0.3 is 0 Å². The van der Waals surface area contributed by atoms with Gasteiger partial charge in [-0.1, -0.05) is 82.1 Å². The van der Waals surface area contributed by atoms with Crippen molar-refractivity contribution in [2.45, 2.75) is 18.0 Å². The molecule has 3 aromatic rings. The molecule has 5 rings (SSSR count). The average Bonchev–Trinajstić information content (AvgIpc) is 3.14. The molecule has 0 bridgehead atoms. The van der Waals surface area contributed by atoms with E-state index in [1.54, 1.807) is 18.2 Å². The largest absolute Gasteiger partial charge is 0.351 e. The van der Waals surface area contributed by atoms with Gasteiger partial charge in [0.05, 0.1) is 18.2 Å². The Morgan fingerprint density at radius 1 is 1.00 bits per heavy atom. The van der Waals surface area contributed by atoms with Gasteiger partial charge in [0, 0.05) is 26.7 Å². The maximum Gasteiger partial charge on any atom is 0.186 e. The molecular weight excluding hydrogens is 498 g/mol. The number of hydrogen-bond acceptors (Lipinski definition) is 4. The quantitative estimate of drug-likeness (QED) is 0.380. The first-order valence-corrected chi connectivity index (χ1v) is 11.6. The third kappa shape index (κ3) is 3.28. The highest BCUT2D eigenvalue weighted by Gasteiger charge is 2.63. The number of Topliss-reactive ketones (excluding diaryl/α,β-unsaturated/α-hetero) is 1. The molecule has 6 heteroatoms. The Morgan fingerprint density at radius 2 is 1.76 bits per heavy atom.